The summed E-state index contributed by atoms with van der Waals surface area (Å²) in [6.07, 6.45) is 0. The first-order valence-corrected chi connectivity index (χ1v) is 6.28. The lowest BCUT2D eigenvalue weighted by Gasteiger charge is -2.36. The molecule has 0 bridgehead atoms. The highest BCUT2D eigenvalue weighted by Crippen LogP contribution is 2.29. The van der Waals surface area contributed by atoms with Crippen LogP contribution < -0.4 is 10.6 Å². The summed E-state index contributed by atoms with van der Waals surface area (Å²) in [5, 5.41) is 21.4. The molecule has 1 saturated heterocycles. The fourth-order valence-corrected chi connectivity index (χ4v) is 2.37. The zero-order valence-electron chi connectivity index (χ0n) is 10.3. The second-order valence-corrected chi connectivity index (χ2v) is 4.66. The summed E-state index contributed by atoms with van der Waals surface area (Å²) in [6.45, 7) is 1.72. The highest BCUT2D eigenvalue weighted by molar-refractivity contribution is 6.33. The topological polar surface area (TPSA) is 91.3 Å². The van der Waals surface area contributed by atoms with E-state index in [0.29, 0.717) is 30.3 Å². The van der Waals surface area contributed by atoms with Gasteiger partial charge in [-0.25, -0.2) is 0 Å². The standard InChI is InChI=1S/C12H16ClN3O3/c13-10-5-8(12(14)15-18)1-2-11(10)16-3-4-19-7-9(16)6-17/h1-2,5,9,17-18H,3-4,6-7H2,(H2,14,15). The van der Waals surface area contributed by atoms with Gasteiger partial charge in [-0.15, -0.1) is 0 Å². The molecule has 0 radical (unpaired) electrons. The number of hydrogen-bond acceptors (Lipinski definition) is 5. The van der Waals surface area contributed by atoms with Crippen LogP contribution in [-0.2, 0) is 4.74 Å². The van der Waals surface area contributed by atoms with Crippen molar-refractivity contribution in [3.05, 3.63) is 28.8 Å². The van der Waals surface area contributed by atoms with Crippen LogP contribution in [0.2, 0.25) is 5.02 Å². The maximum Gasteiger partial charge on any atom is 0.170 e. The second-order valence-electron chi connectivity index (χ2n) is 4.26. The van der Waals surface area contributed by atoms with Crippen molar-refractivity contribution in [3.8, 4) is 0 Å². The highest BCUT2D eigenvalue weighted by Gasteiger charge is 2.24. The van der Waals surface area contributed by atoms with Crippen LogP contribution in [0.25, 0.3) is 0 Å². The lowest BCUT2D eigenvalue weighted by Crippen LogP contribution is -2.47. The first-order chi connectivity index (χ1) is 9.17. The van der Waals surface area contributed by atoms with Crippen LogP contribution in [0.5, 0.6) is 0 Å². The van der Waals surface area contributed by atoms with E-state index in [1.165, 1.54) is 0 Å². The van der Waals surface area contributed by atoms with Gasteiger partial charge in [-0.1, -0.05) is 16.8 Å². The molecule has 104 valence electrons. The van der Waals surface area contributed by atoms with Gasteiger partial charge in [0.15, 0.2) is 5.84 Å². The van der Waals surface area contributed by atoms with Gasteiger partial charge in [0.2, 0.25) is 0 Å². The zero-order chi connectivity index (χ0) is 13.8. The molecule has 1 heterocycles. The Balaban J connectivity index is 2.29. The van der Waals surface area contributed by atoms with Gasteiger partial charge in [0.05, 0.1) is 36.6 Å². The molecule has 0 aliphatic carbocycles. The van der Waals surface area contributed by atoms with E-state index in [0.717, 1.165) is 5.69 Å². The molecule has 1 atom stereocenters. The van der Waals surface area contributed by atoms with Crippen molar-refractivity contribution in [3.63, 3.8) is 0 Å². The van der Waals surface area contributed by atoms with Gasteiger partial charge in [-0.05, 0) is 18.2 Å². The number of oxime groups is 1. The molecule has 6 nitrogen and oxygen atoms in total. The molecule has 7 heteroatoms. The number of aliphatic hydroxyl groups is 1. The van der Waals surface area contributed by atoms with Crippen molar-refractivity contribution < 1.29 is 15.1 Å². The van der Waals surface area contributed by atoms with Crippen molar-refractivity contribution in [1.82, 2.24) is 0 Å². The molecule has 1 aliphatic rings. The summed E-state index contributed by atoms with van der Waals surface area (Å²) in [5.41, 5.74) is 6.86. The summed E-state index contributed by atoms with van der Waals surface area (Å²) in [7, 11) is 0. The van der Waals surface area contributed by atoms with E-state index in [4.69, 9.17) is 27.3 Å². The Morgan fingerprint density at radius 2 is 2.37 bits per heavy atom. The summed E-state index contributed by atoms with van der Waals surface area (Å²) in [4.78, 5) is 2.00. The maximum atomic E-state index is 9.36. The molecule has 0 amide bonds. The molecule has 1 unspecified atom stereocenters. The summed E-state index contributed by atoms with van der Waals surface area (Å²) in [6, 6.07) is 5.04. The number of hydrogen-bond donors (Lipinski definition) is 3. The Hall–Kier alpha value is -1.50. The number of halogens is 1. The minimum atomic E-state index is -0.110. The predicted octanol–water partition coefficient (Wildman–Crippen LogP) is 0.632. The van der Waals surface area contributed by atoms with Crippen LogP contribution in [0.3, 0.4) is 0 Å². The van der Waals surface area contributed by atoms with E-state index in [9.17, 15) is 5.11 Å². The minimum Gasteiger partial charge on any atom is -0.409 e. The number of rotatable bonds is 3. The summed E-state index contributed by atoms with van der Waals surface area (Å²) < 4.78 is 5.33. The third-order valence-corrected chi connectivity index (χ3v) is 3.40. The van der Waals surface area contributed by atoms with E-state index in [2.05, 4.69) is 5.16 Å². The first kappa shape index (κ1) is 13.9. The van der Waals surface area contributed by atoms with Crippen molar-refractivity contribution in [1.29, 1.82) is 0 Å². The third kappa shape index (κ3) is 2.91. The molecule has 1 aromatic carbocycles. The van der Waals surface area contributed by atoms with Crippen LogP contribution in [0.1, 0.15) is 5.56 Å². The van der Waals surface area contributed by atoms with Crippen LogP contribution in [-0.4, -0.2) is 48.6 Å². The summed E-state index contributed by atoms with van der Waals surface area (Å²) >= 11 is 6.23. The minimum absolute atomic E-state index is 0.00167. The fourth-order valence-electron chi connectivity index (χ4n) is 2.08. The van der Waals surface area contributed by atoms with Crippen molar-refractivity contribution in [2.24, 2.45) is 10.9 Å². The van der Waals surface area contributed by atoms with Crippen LogP contribution >= 0.6 is 11.6 Å². The Labute approximate surface area is 116 Å². The van der Waals surface area contributed by atoms with Gasteiger partial charge in [-0.2, -0.15) is 0 Å². The lowest BCUT2D eigenvalue weighted by atomic mass is 10.1. The van der Waals surface area contributed by atoms with Crippen LogP contribution in [0.4, 0.5) is 5.69 Å². The van der Waals surface area contributed by atoms with Gasteiger partial charge in [-0.3, -0.25) is 0 Å². The lowest BCUT2D eigenvalue weighted by molar-refractivity contribution is 0.0727. The quantitative estimate of drug-likeness (QED) is 0.328. The van der Waals surface area contributed by atoms with Gasteiger partial charge in [0, 0.05) is 12.1 Å². The predicted molar refractivity (Wildman–Crippen MR) is 73.0 cm³/mol. The maximum absolute atomic E-state index is 9.36. The van der Waals surface area contributed by atoms with Gasteiger partial charge in [0.25, 0.3) is 0 Å². The molecule has 2 rings (SSSR count). The second kappa shape index (κ2) is 6.10. The number of aliphatic hydroxyl groups excluding tert-OH is 1. The summed E-state index contributed by atoms with van der Waals surface area (Å²) in [5.74, 6) is 0.00846. The Kier molecular flexibility index (Phi) is 4.47. The molecule has 19 heavy (non-hydrogen) atoms. The highest BCUT2D eigenvalue weighted by atomic mass is 35.5. The SMILES string of the molecule is N/C(=N/O)c1ccc(N2CCOCC2CO)c(Cl)c1. The van der Waals surface area contributed by atoms with Crippen molar-refractivity contribution in [2.45, 2.75) is 6.04 Å². The average Bonchev–Trinajstić information content (AvgIpc) is 2.46. The number of ether oxygens (including phenoxy) is 1. The van der Waals surface area contributed by atoms with Gasteiger partial charge >= 0.3 is 0 Å². The number of benzene rings is 1. The van der Waals surface area contributed by atoms with E-state index in [1.54, 1.807) is 18.2 Å². The number of nitrogens with two attached hydrogens (primary N) is 1. The monoisotopic (exact) mass is 285 g/mol. The first-order valence-electron chi connectivity index (χ1n) is 5.90. The Bertz CT molecular complexity index is 481. The number of morpholine rings is 1. The van der Waals surface area contributed by atoms with Crippen molar-refractivity contribution in [2.75, 3.05) is 31.3 Å². The molecule has 4 N–H and O–H groups in total. The Morgan fingerprint density at radius 1 is 1.58 bits per heavy atom. The molecule has 0 saturated carbocycles. The molecule has 0 spiro atoms. The molecule has 1 aromatic rings. The molecule has 1 aliphatic heterocycles. The smallest absolute Gasteiger partial charge is 0.170 e. The molecule has 0 aromatic heterocycles. The largest absolute Gasteiger partial charge is 0.409 e. The van der Waals surface area contributed by atoms with E-state index < -0.39 is 0 Å². The fraction of sp³-hybridized carbons (Fsp3) is 0.417. The van der Waals surface area contributed by atoms with Crippen molar-refractivity contribution >= 4 is 23.1 Å². The Morgan fingerprint density at radius 3 is 3.00 bits per heavy atom. The molecular weight excluding hydrogens is 270 g/mol. The van der Waals surface area contributed by atoms with Gasteiger partial charge < -0.3 is 25.7 Å². The number of amidine groups is 1. The third-order valence-electron chi connectivity index (χ3n) is 3.10. The van der Waals surface area contributed by atoms with Crippen LogP contribution in [0, 0.1) is 0 Å². The van der Waals surface area contributed by atoms with E-state index in [1.807, 2.05) is 4.90 Å². The van der Waals surface area contributed by atoms with Gasteiger partial charge in [0.1, 0.15) is 0 Å². The molecule has 1 fully saturated rings. The van der Waals surface area contributed by atoms with E-state index >= 15 is 0 Å². The number of anilines is 1. The normalized spacial score (nSPS) is 20.6. The molecular formula is C12H16ClN3O3. The van der Waals surface area contributed by atoms with E-state index in [-0.39, 0.29) is 18.5 Å². The number of nitrogens with zero attached hydrogens (tertiary/aromatic N) is 2. The average molecular weight is 286 g/mol. The van der Waals surface area contributed by atoms with Crippen LogP contribution in [0.15, 0.2) is 23.4 Å². The zero-order valence-corrected chi connectivity index (χ0v) is 11.0.